The molecule has 8 heteroatoms. The van der Waals surface area contributed by atoms with Gasteiger partial charge in [-0.2, -0.15) is 0 Å². The highest BCUT2D eigenvalue weighted by Gasteiger charge is 2.33. The van der Waals surface area contributed by atoms with E-state index in [9.17, 15) is 18.0 Å². The summed E-state index contributed by atoms with van der Waals surface area (Å²) in [5.74, 6) is -1.50. The van der Waals surface area contributed by atoms with Crippen molar-refractivity contribution in [1.82, 2.24) is 4.98 Å². The van der Waals surface area contributed by atoms with Gasteiger partial charge in [-0.3, -0.25) is 9.78 Å². The van der Waals surface area contributed by atoms with Gasteiger partial charge < -0.3 is 9.84 Å². The Morgan fingerprint density at radius 1 is 1.59 bits per heavy atom. The van der Waals surface area contributed by atoms with Crippen molar-refractivity contribution in [3.63, 3.8) is 0 Å². The highest BCUT2D eigenvalue weighted by atomic mass is 127. The molecule has 0 amide bonds. The van der Waals surface area contributed by atoms with Crippen molar-refractivity contribution in [1.29, 1.82) is 0 Å². The Kier molecular flexibility index (Phi) is 4.17. The summed E-state index contributed by atoms with van der Waals surface area (Å²) in [4.78, 5) is 14.2. The number of hydrogen-bond donors (Lipinski definition) is 1. The van der Waals surface area contributed by atoms with Crippen molar-refractivity contribution in [2.45, 2.75) is 19.7 Å². The lowest BCUT2D eigenvalue weighted by atomic mass is 10.2. The maximum Gasteiger partial charge on any atom is 0.573 e. The molecular formula is C9H7F3INO3. The molecule has 0 saturated carbocycles. The second kappa shape index (κ2) is 5.07. The summed E-state index contributed by atoms with van der Waals surface area (Å²) in [6, 6.07) is 1.25. The predicted molar refractivity (Wildman–Crippen MR) is 59.7 cm³/mol. The van der Waals surface area contributed by atoms with E-state index in [0.717, 1.165) is 0 Å². The van der Waals surface area contributed by atoms with E-state index in [4.69, 9.17) is 5.11 Å². The molecule has 1 aromatic heterocycles. The largest absolute Gasteiger partial charge is 0.573 e. The Balaban J connectivity index is 3.06. The van der Waals surface area contributed by atoms with Crippen LogP contribution in [0.2, 0.25) is 0 Å². The van der Waals surface area contributed by atoms with Crippen molar-refractivity contribution in [3.8, 4) is 5.75 Å². The molecule has 0 unspecified atom stereocenters. The van der Waals surface area contributed by atoms with Gasteiger partial charge in [0, 0.05) is 0 Å². The monoisotopic (exact) mass is 361 g/mol. The third-order valence-corrected chi connectivity index (χ3v) is 2.50. The van der Waals surface area contributed by atoms with Gasteiger partial charge in [0.1, 0.15) is 0 Å². The van der Waals surface area contributed by atoms with Crippen molar-refractivity contribution < 1.29 is 27.8 Å². The first-order valence-corrected chi connectivity index (χ1v) is 5.40. The highest BCUT2D eigenvalue weighted by molar-refractivity contribution is 14.1. The van der Waals surface area contributed by atoms with E-state index >= 15 is 0 Å². The third-order valence-electron chi connectivity index (χ3n) is 1.70. The summed E-state index contributed by atoms with van der Waals surface area (Å²) in [6.45, 7) is 1.33. The molecule has 0 aliphatic carbocycles. The lowest BCUT2D eigenvalue weighted by Gasteiger charge is -2.13. The van der Waals surface area contributed by atoms with Crippen LogP contribution in [0.5, 0.6) is 5.75 Å². The molecule has 4 nitrogen and oxygen atoms in total. The number of aliphatic carboxylic acids is 1. The standard InChI is InChI=1S/C9H7F3INO3/c1-4-8(17-9(10,11)12)6(13)2-5(14-4)3-7(15)16/h2H,3H2,1H3,(H,15,16). The van der Waals surface area contributed by atoms with Crippen molar-refractivity contribution >= 4 is 28.6 Å². The highest BCUT2D eigenvalue weighted by Crippen LogP contribution is 2.30. The number of aromatic nitrogens is 1. The second-order valence-corrected chi connectivity index (χ2v) is 4.29. The Morgan fingerprint density at radius 3 is 2.59 bits per heavy atom. The Hall–Kier alpha value is -1.06. The van der Waals surface area contributed by atoms with E-state index < -0.39 is 18.1 Å². The van der Waals surface area contributed by atoms with Crippen LogP contribution in [0, 0.1) is 10.5 Å². The number of rotatable bonds is 3. The number of carboxylic acid groups (broad SMARTS) is 1. The van der Waals surface area contributed by atoms with Crippen LogP contribution in [0.4, 0.5) is 13.2 Å². The fourth-order valence-electron chi connectivity index (χ4n) is 1.17. The molecule has 0 aliphatic heterocycles. The first-order chi connectivity index (χ1) is 7.69. The maximum absolute atomic E-state index is 12.1. The van der Waals surface area contributed by atoms with Crippen molar-refractivity contribution in [2.24, 2.45) is 0 Å². The van der Waals surface area contributed by atoms with Crippen LogP contribution in [0.15, 0.2) is 6.07 Å². The van der Waals surface area contributed by atoms with E-state index in [-0.39, 0.29) is 21.4 Å². The molecule has 0 radical (unpaired) electrons. The Labute approximate surface area is 108 Å². The third kappa shape index (κ3) is 4.36. The quantitative estimate of drug-likeness (QED) is 0.841. The molecule has 0 bridgehead atoms. The average Bonchev–Trinajstić information content (AvgIpc) is 2.08. The molecule has 17 heavy (non-hydrogen) atoms. The summed E-state index contributed by atoms with van der Waals surface area (Å²) in [7, 11) is 0. The van der Waals surface area contributed by atoms with Crippen LogP contribution in [-0.4, -0.2) is 22.4 Å². The lowest BCUT2D eigenvalue weighted by molar-refractivity contribution is -0.275. The number of halogens is 4. The van der Waals surface area contributed by atoms with Crippen LogP contribution in [0.3, 0.4) is 0 Å². The zero-order chi connectivity index (χ0) is 13.2. The van der Waals surface area contributed by atoms with E-state index in [1.54, 1.807) is 22.6 Å². The first kappa shape index (κ1) is 14.0. The number of nitrogens with zero attached hydrogens (tertiary/aromatic N) is 1. The number of hydrogen-bond acceptors (Lipinski definition) is 3. The molecule has 1 aromatic rings. The van der Waals surface area contributed by atoms with Crippen LogP contribution >= 0.6 is 22.6 Å². The molecule has 1 heterocycles. The van der Waals surface area contributed by atoms with E-state index in [1.165, 1.54) is 13.0 Å². The molecule has 0 saturated heterocycles. The fraction of sp³-hybridized carbons (Fsp3) is 0.333. The number of pyridine rings is 1. The molecule has 0 spiro atoms. The van der Waals surface area contributed by atoms with Gasteiger partial charge in [0.15, 0.2) is 5.75 Å². The number of aryl methyl sites for hydroxylation is 1. The fourth-order valence-corrected chi connectivity index (χ4v) is 2.03. The second-order valence-electron chi connectivity index (χ2n) is 3.13. The van der Waals surface area contributed by atoms with Gasteiger partial charge in [0.2, 0.25) is 0 Å². The van der Waals surface area contributed by atoms with E-state index in [1.807, 2.05) is 0 Å². The smallest absolute Gasteiger partial charge is 0.481 e. The number of alkyl halides is 3. The summed E-state index contributed by atoms with van der Waals surface area (Å²) in [5.41, 5.74) is 0.194. The van der Waals surface area contributed by atoms with Gasteiger partial charge in [0.25, 0.3) is 0 Å². The van der Waals surface area contributed by atoms with Crippen LogP contribution in [0.1, 0.15) is 11.4 Å². The predicted octanol–water partition coefficient (Wildman–Crippen LogP) is 2.52. The molecular weight excluding hydrogens is 354 g/mol. The van der Waals surface area contributed by atoms with Gasteiger partial charge >= 0.3 is 12.3 Å². The average molecular weight is 361 g/mol. The van der Waals surface area contributed by atoms with E-state index in [0.29, 0.717) is 0 Å². The summed E-state index contributed by atoms with van der Waals surface area (Å²) in [5, 5.41) is 8.55. The van der Waals surface area contributed by atoms with E-state index in [2.05, 4.69) is 9.72 Å². The van der Waals surface area contributed by atoms with Gasteiger partial charge in [-0.25, -0.2) is 0 Å². The van der Waals surface area contributed by atoms with Gasteiger partial charge in [-0.05, 0) is 35.6 Å². The van der Waals surface area contributed by atoms with Crippen LogP contribution < -0.4 is 4.74 Å². The van der Waals surface area contributed by atoms with Gasteiger partial charge in [0.05, 0.1) is 21.4 Å². The zero-order valence-corrected chi connectivity index (χ0v) is 10.7. The zero-order valence-electron chi connectivity index (χ0n) is 8.51. The summed E-state index contributed by atoms with van der Waals surface area (Å²) in [6.07, 6.45) is -5.14. The van der Waals surface area contributed by atoms with Crippen LogP contribution in [0.25, 0.3) is 0 Å². The maximum atomic E-state index is 12.1. The lowest BCUT2D eigenvalue weighted by Crippen LogP contribution is -2.19. The number of ether oxygens (including phenoxy) is 1. The molecule has 0 fully saturated rings. The van der Waals surface area contributed by atoms with Crippen LogP contribution in [-0.2, 0) is 11.2 Å². The van der Waals surface area contributed by atoms with Crippen molar-refractivity contribution in [3.05, 3.63) is 21.0 Å². The van der Waals surface area contributed by atoms with Gasteiger partial charge in [-0.15, -0.1) is 13.2 Å². The Morgan fingerprint density at radius 2 is 2.18 bits per heavy atom. The van der Waals surface area contributed by atoms with Crippen molar-refractivity contribution in [2.75, 3.05) is 0 Å². The molecule has 0 atom stereocenters. The molecule has 94 valence electrons. The Bertz CT molecular complexity index is 425. The molecule has 0 aliphatic rings. The number of carboxylic acids is 1. The minimum Gasteiger partial charge on any atom is -0.481 e. The first-order valence-electron chi connectivity index (χ1n) is 4.32. The number of carbonyl (C=O) groups is 1. The minimum absolute atomic E-state index is 0.00507. The molecule has 1 rings (SSSR count). The minimum atomic E-state index is -4.79. The normalized spacial score (nSPS) is 11.4. The molecule has 1 N–H and O–H groups in total. The molecule has 0 aromatic carbocycles. The SMILES string of the molecule is Cc1nc(CC(=O)O)cc(I)c1OC(F)(F)F. The summed E-state index contributed by atoms with van der Waals surface area (Å²) >= 11 is 1.64. The summed E-state index contributed by atoms with van der Waals surface area (Å²) < 4.78 is 40.2. The van der Waals surface area contributed by atoms with Gasteiger partial charge in [-0.1, -0.05) is 0 Å². The topological polar surface area (TPSA) is 59.4 Å².